The Hall–Kier alpha value is -4.58. The van der Waals surface area contributed by atoms with Gasteiger partial charge in [0.1, 0.15) is 11.6 Å². The lowest BCUT2D eigenvalue weighted by atomic mass is 10.1. The number of hydrogen-bond donors (Lipinski definition) is 0. The maximum atomic E-state index is 13.9. The predicted molar refractivity (Wildman–Crippen MR) is 145 cm³/mol. The first-order chi connectivity index (χ1) is 17.5. The van der Waals surface area contributed by atoms with E-state index in [0.717, 1.165) is 27.6 Å². The summed E-state index contributed by atoms with van der Waals surface area (Å²) in [4.78, 5) is 18.8. The number of aryl methyl sites for hydroxylation is 1. The first-order valence-corrected chi connectivity index (χ1v) is 11.5. The molecule has 0 atom stereocenters. The zero-order chi connectivity index (χ0) is 25.2. The number of hydrogen-bond acceptors (Lipinski definition) is 5. The van der Waals surface area contributed by atoms with Gasteiger partial charge in [-0.1, -0.05) is 36.4 Å². The Kier molecular flexibility index (Phi) is 6.17. The standard InChI is InChI=1S/C30H26N2O4/c1-19-8-7-11-23(14-19)32-29(13-12-22-17-27(35-3)28(36-4)18-26(22)34-2)31-25-16-21-10-6-5-9-20(21)15-24(25)30(32)33/h5-18H,1-4H3/b13-12+. The number of rotatable bonds is 6. The molecule has 0 fully saturated rings. The minimum Gasteiger partial charge on any atom is -0.496 e. The molecule has 0 N–H and O–H groups in total. The van der Waals surface area contributed by atoms with Crippen LogP contribution in [-0.2, 0) is 0 Å². The van der Waals surface area contributed by atoms with Crippen LogP contribution in [0.2, 0.25) is 0 Å². The summed E-state index contributed by atoms with van der Waals surface area (Å²) < 4.78 is 18.1. The average molecular weight is 479 g/mol. The zero-order valence-corrected chi connectivity index (χ0v) is 20.6. The summed E-state index contributed by atoms with van der Waals surface area (Å²) >= 11 is 0. The lowest BCUT2D eigenvalue weighted by Crippen LogP contribution is -2.22. The summed E-state index contributed by atoms with van der Waals surface area (Å²) in [6, 6.07) is 23.3. The molecule has 0 spiro atoms. The van der Waals surface area contributed by atoms with Crippen LogP contribution in [0.3, 0.4) is 0 Å². The largest absolute Gasteiger partial charge is 0.496 e. The van der Waals surface area contributed by atoms with Gasteiger partial charge < -0.3 is 14.2 Å². The molecule has 36 heavy (non-hydrogen) atoms. The van der Waals surface area contributed by atoms with E-state index in [-0.39, 0.29) is 5.56 Å². The molecular weight excluding hydrogens is 452 g/mol. The summed E-state index contributed by atoms with van der Waals surface area (Å²) in [5.41, 5.74) is 3.08. The third kappa shape index (κ3) is 4.18. The van der Waals surface area contributed by atoms with Crippen LogP contribution >= 0.6 is 0 Å². The lowest BCUT2D eigenvalue weighted by Gasteiger charge is -2.14. The van der Waals surface area contributed by atoms with E-state index in [4.69, 9.17) is 19.2 Å². The summed E-state index contributed by atoms with van der Waals surface area (Å²) in [6.07, 6.45) is 3.68. The van der Waals surface area contributed by atoms with Crippen molar-refractivity contribution < 1.29 is 14.2 Å². The third-order valence-electron chi connectivity index (χ3n) is 6.17. The maximum Gasteiger partial charge on any atom is 0.266 e. The maximum absolute atomic E-state index is 13.9. The van der Waals surface area contributed by atoms with Gasteiger partial charge >= 0.3 is 0 Å². The van der Waals surface area contributed by atoms with Gasteiger partial charge in [0.15, 0.2) is 11.5 Å². The number of ether oxygens (including phenoxy) is 3. The third-order valence-corrected chi connectivity index (χ3v) is 6.17. The Morgan fingerprint density at radius 1 is 0.750 bits per heavy atom. The number of benzene rings is 4. The van der Waals surface area contributed by atoms with E-state index in [1.54, 1.807) is 32.0 Å². The molecule has 1 heterocycles. The zero-order valence-electron chi connectivity index (χ0n) is 20.6. The van der Waals surface area contributed by atoms with Gasteiger partial charge in [0, 0.05) is 11.6 Å². The Labute approximate surface area is 209 Å². The molecule has 0 unspecified atom stereocenters. The monoisotopic (exact) mass is 478 g/mol. The van der Waals surface area contributed by atoms with Crippen molar-refractivity contribution >= 4 is 33.8 Å². The SMILES string of the molecule is COc1cc(OC)c(OC)cc1/C=C/c1nc2cc3ccccc3cc2c(=O)n1-c1cccc(C)c1. The normalized spacial score (nSPS) is 11.3. The lowest BCUT2D eigenvalue weighted by molar-refractivity contribution is 0.348. The Balaban J connectivity index is 1.76. The van der Waals surface area contributed by atoms with Crippen LogP contribution in [0.1, 0.15) is 17.0 Å². The number of nitrogens with zero attached hydrogens (tertiary/aromatic N) is 2. The first kappa shape index (κ1) is 23.2. The first-order valence-electron chi connectivity index (χ1n) is 11.5. The number of aromatic nitrogens is 2. The van der Waals surface area contributed by atoms with Crippen LogP contribution in [0.5, 0.6) is 17.2 Å². The minimum atomic E-state index is -0.129. The van der Waals surface area contributed by atoms with E-state index >= 15 is 0 Å². The molecular formula is C30H26N2O4. The fourth-order valence-electron chi connectivity index (χ4n) is 4.37. The second-order valence-corrected chi connectivity index (χ2v) is 8.45. The van der Waals surface area contributed by atoms with Crippen LogP contribution < -0.4 is 19.8 Å². The second-order valence-electron chi connectivity index (χ2n) is 8.45. The summed E-state index contributed by atoms with van der Waals surface area (Å²) in [5.74, 6) is 2.26. The van der Waals surface area contributed by atoms with Crippen molar-refractivity contribution in [2.75, 3.05) is 21.3 Å². The van der Waals surface area contributed by atoms with Gasteiger partial charge in [-0.05, 0) is 65.7 Å². The quantitative estimate of drug-likeness (QED) is 0.278. The predicted octanol–water partition coefficient (Wildman–Crippen LogP) is 6.04. The highest BCUT2D eigenvalue weighted by molar-refractivity contribution is 5.96. The molecule has 5 aromatic rings. The smallest absolute Gasteiger partial charge is 0.266 e. The van der Waals surface area contributed by atoms with Crippen molar-refractivity contribution in [3.63, 3.8) is 0 Å². The second kappa shape index (κ2) is 9.58. The van der Waals surface area contributed by atoms with Gasteiger partial charge in [-0.25, -0.2) is 4.98 Å². The number of methoxy groups -OCH3 is 3. The van der Waals surface area contributed by atoms with Crippen LogP contribution in [0.15, 0.2) is 77.6 Å². The fraction of sp³-hybridized carbons (Fsp3) is 0.133. The molecule has 0 aliphatic carbocycles. The van der Waals surface area contributed by atoms with Gasteiger partial charge in [-0.3, -0.25) is 9.36 Å². The van der Waals surface area contributed by atoms with E-state index in [0.29, 0.717) is 34.0 Å². The Morgan fingerprint density at radius 2 is 1.44 bits per heavy atom. The highest BCUT2D eigenvalue weighted by Gasteiger charge is 2.14. The molecule has 6 heteroatoms. The van der Waals surface area contributed by atoms with Crippen molar-refractivity contribution in [3.8, 4) is 22.9 Å². The van der Waals surface area contributed by atoms with Crippen LogP contribution in [0.4, 0.5) is 0 Å². The van der Waals surface area contributed by atoms with Crippen molar-refractivity contribution in [1.82, 2.24) is 9.55 Å². The van der Waals surface area contributed by atoms with Gasteiger partial charge in [0.05, 0.1) is 37.9 Å². The summed E-state index contributed by atoms with van der Waals surface area (Å²) in [6.45, 7) is 2.00. The minimum absolute atomic E-state index is 0.129. The van der Waals surface area contributed by atoms with Gasteiger partial charge in [-0.15, -0.1) is 0 Å². The number of fused-ring (bicyclic) bond motifs is 2. The molecule has 0 aliphatic heterocycles. The Bertz CT molecular complexity index is 1680. The molecule has 6 nitrogen and oxygen atoms in total. The van der Waals surface area contributed by atoms with E-state index in [1.807, 2.05) is 85.8 Å². The van der Waals surface area contributed by atoms with Crippen molar-refractivity contribution in [2.45, 2.75) is 6.92 Å². The van der Waals surface area contributed by atoms with Crippen molar-refractivity contribution in [2.24, 2.45) is 0 Å². The molecule has 5 rings (SSSR count). The van der Waals surface area contributed by atoms with Crippen LogP contribution in [0.25, 0.3) is 39.5 Å². The molecule has 0 saturated heterocycles. The molecule has 0 aliphatic rings. The summed E-state index contributed by atoms with van der Waals surface area (Å²) in [5, 5.41) is 2.59. The molecule has 0 radical (unpaired) electrons. The highest BCUT2D eigenvalue weighted by Crippen LogP contribution is 2.35. The van der Waals surface area contributed by atoms with Crippen LogP contribution in [0, 0.1) is 6.92 Å². The van der Waals surface area contributed by atoms with Gasteiger partial charge in [0.2, 0.25) is 0 Å². The van der Waals surface area contributed by atoms with E-state index < -0.39 is 0 Å². The fourth-order valence-corrected chi connectivity index (χ4v) is 4.37. The molecule has 0 saturated carbocycles. The Morgan fingerprint density at radius 3 is 2.14 bits per heavy atom. The van der Waals surface area contributed by atoms with Crippen molar-refractivity contribution in [3.05, 3.63) is 100 Å². The van der Waals surface area contributed by atoms with Gasteiger partial charge in [-0.2, -0.15) is 0 Å². The topological polar surface area (TPSA) is 62.6 Å². The van der Waals surface area contributed by atoms with E-state index in [2.05, 4.69) is 0 Å². The highest BCUT2D eigenvalue weighted by atomic mass is 16.5. The molecule has 180 valence electrons. The molecule has 1 aromatic heterocycles. The van der Waals surface area contributed by atoms with Crippen molar-refractivity contribution in [1.29, 1.82) is 0 Å². The van der Waals surface area contributed by atoms with E-state index in [1.165, 1.54) is 0 Å². The van der Waals surface area contributed by atoms with Gasteiger partial charge in [0.25, 0.3) is 5.56 Å². The molecule has 0 bridgehead atoms. The summed E-state index contributed by atoms with van der Waals surface area (Å²) in [7, 11) is 4.76. The molecule has 4 aromatic carbocycles. The molecule has 0 amide bonds. The van der Waals surface area contributed by atoms with E-state index in [9.17, 15) is 4.79 Å². The average Bonchev–Trinajstić information content (AvgIpc) is 2.90. The van der Waals surface area contributed by atoms with Crippen LogP contribution in [-0.4, -0.2) is 30.9 Å².